The van der Waals surface area contributed by atoms with Crippen LogP contribution in [0.5, 0.6) is 0 Å². The molecule has 0 aliphatic heterocycles. The van der Waals surface area contributed by atoms with Gasteiger partial charge in [-0.15, -0.1) is 0 Å². The molecule has 1 rings (SSSR count). The van der Waals surface area contributed by atoms with E-state index in [4.69, 9.17) is 10.8 Å². The van der Waals surface area contributed by atoms with Crippen molar-refractivity contribution in [3.05, 3.63) is 29.8 Å². The highest BCUT2D eigenvalue weighted by Gasteiger charge is 2.07. The van der Waals surface area contributed by atoms with E-state index in [0.717, 1.165) is 13.1 Å². The zero-order chi connectivity index (χ0) is 15.7. The van der Waals surface area contributed by atoms with Gasteiger partial charge in [-0.25, -0.2) is 0 Å². The molecule has 0 fully saturated rings. The molecule has 0 saturated carbocycles. The van der Waals surface area contributed by atoms with Crippen LogP contribution in [0.2, 0.25) is 0 Å². The van der Waals surface area contributed by atoms with Crippen molar-refractivity contribution in [2.45, 2.75) is 19.8 Å². The summed E-state index contributed by atoms with van der Waals surface area (Å²) >= 11 is 0. The van der Waals surface area contributed by atoms with E-state index in [9.17, 15) is 9.59 Å². The monoisotopic (exact) mass is 293 g/mol. The molecule has 0 heterocycles. The van der Waals surface area contributed by atoms with Crippen LogP contribution in [-0.4, -0.2) is 48.1 Å². The summed E-state index contributed by atoms with van der Waals surface area (Å²) in [6.45, 7) is 4.81. The number of nitrogens with two attached hydrogens (primary N) is 1. The summed E-state index contributed by atoms with van der Waals surface area (Å²) in [5.74, 6) is -0.903. The molecular weight excluding hydrogens is 270 g/mol. The van der Waals surface area contributed by atoms with E-state index in [1.165, 1.54) is 0 Å². The van der Waals surface area contributed by atoms with Gasteiger partial charge >= 0.3 is 5.97 Å². The van der Waals surface area contributed by atoms with Gasteiger partial charge in [-0.1, -0.05) is 6.92 Å². The normalized spacial score (nSPS) is 10.6. The predicted octanol–water partition coefficient (Wildman–Crippen LogP) is 1.19. The Labute approximate surface area is 124 Å². The fourth-order valence-electron chi connectivity index (χ4n) is 1.95. The van der Waals surface area contributed by atoms with Crippen molar-refractivity contribution in [1.82, 2.24) is 10.2 Å². The third-order valence-electron chi connectivity index (χ3n) is 3.20. The summed E-state index contributed by atoms with van der Waals surface area (Å²) in [5.41, 5.74) is 6.78. The number of carbonyl (C=O) groups is 2. The lowest BCUT2D eigenvalue weighted by molar-refractivity contribution is -0.137. The van der Waals surface area contributed by atoms with Crippen LogP contribution in [0.25, 0.3) is 0 Å². The SMILES string of the molecule is CCN(CCCC(=O)O)CCNC(=O)c1ccc(N)cc1. The van der Waals surface area contributed by atoms with E-state index in [1.54, 1.807) is 24.3 Å². The molecule has 0 aromatic heterocycles. The molecule has 0 bridgehead atoms. The number of aliphatic carboxylic acids is 1. The molecule has 4 N–H and O–H groups in total. The fourth-order valence-corrected chi connectivity index (χ4v) is 1.95. The van der Waals surface area contributed by atoms with Crippen LogP contribution in [0, 0.1) is 0 Å². The second kappa shape index (κ2) is 8.97. The molecule has 0 unspecified atom stereocenters. The number of nitrogen functional groups attached to an aromatic ring is 1. The van der Waals surface area contributed by atoms with Crippen LogP contribution in [0.15, 0.2) is 24.3 Å². The van der Waals surface area contributed by atoms with Crippen LogP contribution >= 0.6 is 0 Å². The molecule has 0 aliphatic rings. The zero-order valence-electron chi connectivity index (χ0n) is 12.3. The van der Waals surface area contributed by atoms with Gasteiger partial charge in [0.15, 0.2) is 0 Å². The Morgan fingerprint density at radius 1 is 1.24 bits per heavy atom. The van der Waals surface area contributed by atoms with Gasteiger partial charge in [-0.2, -0.15) is 0 Å². The molecule has 1 aromatic rings. The maximum absolute atomic E-state index is 11.9. The van der Waals surface area contributed by atoms with E-state index in [0.29, 0.717) is 30.8 Å². The number of carboxylic acids is 1. The maximum atomic E-state index is 11.9. The average Bonchev–Trinajstić information content (AvgIpc) is 2.45. The van der Waals surface area contributed by atoms with Crippen molar-refractivity contribution in [2.75, 3.05) is 31.9 Å². The van der Waals surface area contributed by atoms with Crippen molar-refractivity contribution >= 4 is 17.6 Å². The lowest BCUT2D eigenvalue weighted by Crippen LogP contribution is -2.35. The fraction of sp³-hybridized carbons (Fsp3) is 0.467. The second-order valence-electron chi connectivity index (χ2n) is 4.81. The van der Waals surface area contributed by atoms with E-state index >= 15 is 0 Å². The number of rotatable bonds is 9. The van der Waals surface area contributed by atoms with Crippen LogP contribution in [0.1, 0.15) is 30.1 Å². The highest BCUT2D eigenvalue weighted by Crippen LogP contribution is 2.05. The van der Waals surface area contributed by atoms with Gasteiger partial charge in [0.2, 0.25) is 0 Å². The first-order chi connectivity index (χ1) is 10.0. The van der Waals surface area contributed by atoms with E-state index in [-0.39, 0.29) is 12.3 Å². The van der Waals surface area contributed by atoms with Gasteiger partial charge in [0, 0.05) is 30.8 Å². The first kappa shape index (κ1) is 17.0. The van der Waals surface area contributed by atoms with E-state index in [2.05, 4.69) is 10.2 Å². The van der Waals surface area contributed by atoms with Crippen molar-refractivity contribution < 1.29 is 14.7 Å². The molecule has 116 valence electrons. The molecule has 6 heteroatoms. The molecule has 6 nitrogen and oxygen atoms in total. The van der Waals surface area contributed by atoms with Gasteiger partial charge in [0.1, 0.15) is 0 Å². The minimum Gasteiger partial charge on any atom is -0.481 e. The summed E-state index contributed by atoms with van der Waals surface area (Å²) in [5, 5.41) is 11.5. The molecule has 0 radical (unpaired) electrons. The predicted molar refractivity (Wildman–Crippen MR) is 82.2 cm³/mol. The summed E-state index contributed by atoms with van der Waals surface area (Å²) in [6.07, 6.45) is 0.795. The molecule has 1 aromatic carbocycles. The van der Waals surface area contributed by atoms with E-state index < -0.39 is 5.97 Å². The molecule has 0 atom stereocenters. The second-order valence-corrected chi connectivity index (χ2v) is 4.81. The number of benzene rings is 1. The Morgan fingerprint density at radius 3 is 2.48 bits per heavy atom. The standard InChI is InChI=1S/C15H23N3O3/c1-2-18(10-3-4-14(19)20)11-9-17-15(21)12-5-7-13(16)8-6-12/h5-8H,2-4,9-11,16H2,1H3,(H,17,21)(H,19,20). The van der Waals surface area contributed by atoms with Crippen molar-refractivity contribution in [1.29, 1.82) is 0 Å². The minimum absolute atomic E-state index is 0.128. The Bertz CT molecular complexity index is 460. The Hall–Kier alpha value is -2.08. The number of amides is 1. The molecule has 0 aliphatic carbocycles. The first-order valence-electron chi connectivity index (χ1n) is 7.10. The largest absolute Gasteiger partial charge is 0.481 e. The third-order valence-corrected chi connectivity index (χ3v) is 3.20. The summed E-state index contributed by atoms with van der Waals surface area (Å²) < 4.78 is 0. The van der Waals surface area contributed by atoms with Crippen LogP contribution in [0.4, 0.5) is 5.69 Å². The van der Waals surface area contributed by atoms with Gasteiger partial charge < -0.3 is 21.1 Å². The number of nitrogens with one attached hydrogen (secondary N) is 1. The number of nitrogens with zero attached hydrogens (tertiary/aromatic N) is 1. The first-order valence-corrected chi connectivity index (χ1v) is 7.10. The topological polar surface area (TPSA) is 95.7 Å². The number of carboxylic acid groups (broad SMARTS) is 1. The van der Waals surface area contributed by atoms with Gasteiger partial charge in [-0.05, 0) is 43.8 Å². The highest BCUT2D eigenvalue weighted by atomic mass is 16.4. The van der Waals surface area contributed by atoms with Crippen molar-refractivity contribution in [3.8, 4) is 0 Å². The summed E-state index contributed by atoms with van der Waals surface area (Å²) in [6, 6.07) is 6.77. The highest BCUT2D eigenvalue weighted by molar-refractivity contribution is 5.94. The third kappa shape index (κ3) is 6.76. The smallest absolute Gasteiger partial charge is 0.303 e. The van der Waals surface area contributed by atoms with E-state index in [1.807, 2.05) is 6.92 Å². The molecule has 1 amide bonds. The molecule has 0 spiro atoms. The number of carbonyl (C=O) groups excluding carboxylic acids is 1. The minimum atomic E-state index is -0.775. The quantitative estimate of drug-likeness (QED) is 0.594. The van der Waals surface area contributed by atoms with Crippen molar-refractivity contribution in [2.24, 2.45) is 0 Å². The average molecular weight is 293 g/mol. The maximum Gasteiger partial charge on any atom is 0.303 e. The zero-order valence-corrected chi connectivity index (χ0v) is 12.3. The number of hydrogen-bond donors (Lipinski definition) is 3. The Morgan fingerprint density at radius 2 is 1.90 bits per heavy atom. The van der Waals surface area contributed by atoms with Gasteiger partial charge in [0.25, 0.3) is 5.91 Å². The van der Waals surface area contributed by atoms with Crippen molar-refractivity contribution in [3.63, 3.8) is 0 Å². The number of likely N-dealkylation sites (N-methyl/N-ethyl adjacent to an activating group) is 1. The Kier molecular flexibility index (Phi) is 7.25. The molecule has 0 saturated heterocycles. The molecule has 21 heavy (non-hydrogen) atoms. The lowest BCUT2D eigenvalue weighted by atomic mass is 10.2. The van der Waals surface area contributed by atoms with Crippen LogP contribution < -0.4 is 11.1 Å². The summed E-state index contributed by atoms with van der Waals surface area (Å²) in [7, 11) is 0. The molecular formula is C15H23N3O3. The number of hydrogen-bond acceptors (Lipinski definition) is 4. The van der Waals surface area contributed by atoms with Gasteiger partial charge in [0.05, 0.1) is 0 Å². The lowest BCUT2D eigenvalue weighted by Gasteiger charge is -2.20. The summed E-state index contributed by atoms with van der Waals surface area (Å²) in [4.78, 5) is 24.5. The van der Waals surface area contributed by atoms with Crippen LogP contribution in [-0.2, 0) is 4.79 Å². The van der Waals surface area contributed by atoms with Crippen LogP contribution in [0.3, 0.4) is 0 Å². The van der Waals surface area contributed by atoms with Gasteiger partial charge in [-0.3, -0.25) is 9.59 Å². The number of anilines is 1. The Balaban J connectivity index is 2.28.